The van der Waals surface area contributed by atoms with Crippen molar-refractivity contribution in [3.05, 3.63) is 0 Å². The highest BCUT2D eigenvalue weighted by atomic mass is 16.5. The minimum Gasteiger partial charge on any atom is -0.460 e. The van der Waals surface area contributed by atoms with Gasteiger partial charge in [0, 0.05) is 6.42 Å². The van der Waals surface area contributed by atoms with Gasteiger partial charge < -0.3 is 4.74 Å². The summed E-state index contributed by atoms with van der Waals surface area (Å²) in [5.41, 5.74) is 0. The predicted molar refractivity (Wildman–Crippen MR) is 41.1 cm³/mol. The van der Waals surface area contributed by atoms with E-state index in [-0.39, 0.29) is 18.9 Å². The first kappa shape index (κ1) is 10.1. The number of ether oxygens (including phenoxy) is 1. The molecule has 0 fully saturated rings. The summed E-state index contributed by atoms with van der Waals surface area (Å²) in [5.74, 6) is -0.921. The summed E-state index contributed by atoms with van der Waals surface area (Å²) in [5, 5.41) is 0. The molecule has 1 atom stereocenters. The summed E-state index contributed by atoms with van der Waals surface area (Å²) in [6.07, 6.45) is 0.277. The Hall–Kier alpha value is -0.860. The molecule has 0 saturated heterocycles. The lowest BCUT2D eigenvalue weighted by atomic mass is 10.1. The summed E-state index contributed by atoms with van der Waals surface area (Å²) >= 11 is 0. The van der Waals surface area contributed by atoms with Crippen LogP contribution in [0.2, 0.25) is 0 Å². The molecule has 0 saturated carbocycles. The molecule has 64 valence electrons. The molecule has 0 amide bonds. The average Bonchev–Trinajstić information content (AvgIpc) is 1.86. The molecule has 0 aliphatic carbocycles. The van der Waals surface area contributed by atoms with Gasteiger partial charge in [0.1, 0.15) is 0 Å². The molecule has 0 aliphatic rings. The Morgan fingerprint density at radius 1 is 1.36 bits per heavy atom. The van der Waals surface area contributed by atoms with Crippen molar-refractivity contribution in [2.75, 3.05) is 6.61 Å². The van der Waals surface area contributed by atoms with E-state index in [4.69, 9.17) is 0 Å². The predicted octanol–water partition coefficient (Wildman–Crippen LogP) is 1.16. The number of carbonyl (C=O) groups is 2. The Morgan fingerprint density at radius 2 is 1.91 bits per heavy atom. The molecule has 0 N–H and O–H groups in total. The third-order valence-corrected chi connectivity index (χ3v) is 1.10. The van der Waals surface area contributed by atoms with Gasteiger partial charge in [-0.15, -0.1) is 0 Å². The Kier molecular flexibility index (Phi) is 4.50. The van der Waals surface area contributed by atoms with Crippen LogP contribution in [0.4, 0.5) is 0 Å². The summed E-state index contributed by atoms with van der Waals surface area (Å²) in [6, 6.07) is 0. The minimum absolute atomic E-state index is 0.215. The lowest BCUT2D eigenvalue weighted by Crippen LogP contribution is -2.18. The lowest BCUT2D eigenvalue weighted by Gasteiger charge is -2.02. The Labute approximate surface area is 66.7 Å². The number of carbonyl (C=O) groups excluding carboxylic acids is 2. The zero-order valence-corrected chi connectivity index (χ0v) is 7.22. The fraction of sp³-hybridized carbons (Fsp3) is 0.750. The summed E-state index contributed by atoms with van der Waals surface area (Å²) in [6.45, 7) is 5.72. The van der Waals surface area contributed by atoms with Crippen LogP contribution in [0.15, 0.2) is 0 Å². The maximum Gasteiger partial charge on any atom is 0.374 e. The van der Waals surface area contributed by atoms with Crippen molar-refractivity contribution in [3.63, 3.8) is 0 Å². The molecule has 0 bridgehead atoms. The Bertz CT molecular complexity index is 149. The third-order valence-electron chi connectivity index (χ3n) is 1.10. The fourth-order valence-corrected chi connectivity index (χ4v) is 0.666. The van der Waals surface area contributed by atoms with Gasteiger partial charge in [0.05, 0.1) is 6.61 Å². The van der Waals surface area contributed by atoms with Crippen molar-refractivity contribution >= 4 is 11.8 Å². The van der Waals surface area contributed by atoms with E-state index in [0.717, 1.165) is 0 Å². The van der Waals surface area contributed by atoms with E-state index in [1.807, 2.05) is 13.8 Å². The van der Waals surface area contributed by atoms with Crippen molar-refractivity contribution in [3.8, 4) is 0 Å². The van der Waals surface area contributed by atoms with Crippen molar-refractivity contribution in [2.24, 2.45) is 5.92 Å². The van der Waals surface area contributed by atoms with E-state index in [0.29, 0.717) is 0 Å². The largest absolute Gasteiger partial charge is 0.460 e. The maximum atomic E-state index is 10.9. The molecule has 0 aromatic carbocycles. The molecule has 0 rings (SSSR count). The molecule has 0 spiro atoms. The van der Waals surface area contributed by atoms with Gasteiger partial charge in [-0.25, -0.2) is 4.79 Å². The quantitative estimate of drug-likeness (QED) is 0.351. The molecular formula is C8H14O3. The number of ketones is 1. The first-order chi connectivity index (χ1) is 5.07. The first-order valence-electron chi connectivity index (χ1n) is 3.77. The van der Waals surface area contributed by atoms with Crippen LogP contribution in [0.5, 0.6) is 0 Å². The van der Waals surface area contributed by atoms with Gasteiger partial charge in [0.2, 0.25) is 5.78 Å². The van der Waals surface area contributed by atoms with Crippen LogP contribution in [-0.2, 0) is 14.3 Å². The Balaban J connectivity index is 3.74. The maximum absolute atomic E-state index is 10.9. The van der Waals surface area contributed by atoms with Crippen LogP contribution >= 0.6 is 0 Å². The topological polar surface area (TPSA) is 43.4 Å². The second-order valence-corrected chi connectivity index (χ2v) is 2.74. The average molecular weight is 159 g/mol. The van der Waals surface area contributed by atoms with Gasteiger partial charge in [-0.05, 0) is 12.8 Å². The molecule has 11 heavy (non-hydrogen) atoms. The first-order valence-corrected chi connectivity index (χ1v) is 3.77. The second kappa shape index (κ2) is 4.88. The van der Waals surface area contributed by atoms with Crippen molar-refractivity contribution in [2.45, 2.75) is 27.2 Å². The van der Waals surface area contributed by atoms with Crippen molar-refractivity contribution in [1.29, 1.82) is 0 Å². The van der Waals surface area contributed by atoms with Gasteiger partial charge in [0.15, 0.2) is 0 Å². The number of hydrogen-bond donors (Lipinski definition) is 0. The number of Topliss-reactive ketones (excluding diaryl/α,β-unsaturated/α-hetero) is 1. The second-order valence-electron chi connectivity index (χ2n) is 2.74. The van der Waals surface area contributed by atoms with Gasteiger partial charge >= 0.3 is 5.97 Å². The summed E-state index contributed by atoms with van der Waals surface area (Å²) < 4.78 is 4.52. The number of rotatable bonds is 4. The highest BCUT2D eigenvalue weighted by molar-refractivity contribution is 6.33. The standard InChI is InChI=1S/C8H14O3/c1-4-11-8(10)7(9)5-6(2)3/h6H,4-5H2,1-3H3/i2+1. The van der Waals surface area contributed by atoms with Crippen LogP contribution in [0, 0.1) is 5.92 Å². The van der Waals surface area contributed by atoms with E-state index in [1.54, 1.807) is 6.92 Å². The molecule has 0 aliphatic heterocycles. The minimum atomic E-state index is -0.707. The smallest absolute Gasteiger partial charge is 0.374 e. The monoisotopic (exact) mass is 159 g/mol. The summed E-state index contributed by atoms with van der Waals surface area (Å²) in [4.78, 5) is 21.6. The van der Waals surface area contributed by atoms with Gasteiger partial charge in [-0.2, -0.15) is 0 Å². The molecule has 0 radical (unpaired) electrons. The fourth-order valence-electron chi connectivity index (χ4n) is 0.666. The van der Waals surface area contributed by atoms with Crippen molar-refractivity contribution < 1.29 is 14.3 Å². The SMILES string of the molecule is CCOC(=O)C(=O)CC(C)[13CH3]. The van der Waals surface area contributed by atoms with E-state index < -0.39 is 11.8 Å². The zero-order valence-electron chi connectivity index (χ0n) is 7.22. The molecular weight excluding hydrogens is 145 g/mol. The molecule has 3 heteroatoms. The van der Waals surface area contributed by atoms with Gasteiger partial charge in [0.25, 0.3) is 0 Å². The van der Waals surface area contributed by atoms with E-state index in [9.17, 15) is 9.59 Å². The van der Waals surface area contributed by atoms with Crippen LogP contribution in [0.3, 0.4) is 0 Å². The van der Waals surface area contributed by atoms with Gasteiger partial charge in [-0.1, -0.05) is 13.8 Å². The van der Waals surface area contributed by atoms with Crippen LogP contribution in [0.1, 0.15) is 27.2 Å². The van der Waals surface area contributed by atoms with Gasteiger partial charge in [-0.3, -0.25) is 4.79 Å². The van der Waals surface area contributed by atoms with E-state index in [2.05, 4.69) is 4.74 Å². The Morgan fingerprint density at radius 3 is 2.27 bits per heavy atom. The van der Waals surface area contributed by atoms with Crippen LogP contribution < -0.4 is 0 Å². The molecule has 0 aromatic heterocycles. The number of esters is 1. The lowest BCUT2D eigenvalue weighted by molar-refractivity contribution is -0.153. The number of hydrogen-bond acceptors (Lipinski definition) is 3. The normalized spacial score (nSPS) is 12.3. The highest BCUT2D eigenvalue weighted by Crippen LogP contribution is 2.00. The third kappa shape index (κ3) is 4.53. The molecule has 3 nitrogen and oxygen atoms in total. The molecule has 1 unspecified atom stereocenters. The van der Waals surface area contributed by atoms with Crippen LogP contribution in [-0.4, -0.2) is 18.4 Å². The summed E-state index contributed by atoms with van der Waals surface area (Å²) in [7, 11) is 0. The highest BCUT2D eigenvalue weighted by Gasteiger charge is 2.15. The van der Waals surface area contributed by atoms with E-state index in [1.165, 1.54) is 0 Å². The molecule has 0 heterocycles. The van der Waals surface area contributed by atoms with Crippen molar-refractivity contribution in [1.82, 2.24) is 0 Å². The zero-order chi connectivity index (χ0) is 8.85. The van der Waals surface area contributed by atoms with E-state index >= 15 is 0 Å². The molecule has 0 aromatic rings. The van der Waals surface area contributed by atoms with Crippen LogP contribution in [0.25, 0.3) is 0 Å².